The van der Waals surface area contributed by atoms with E-state index in [0.717, 1.165) is 18.4 Å². The Morgan fingerprint density at radius 3 is 2.16 bits per heavy atom. The van der Waals surface area contributed by atoms with Gasteiger partial charge in [-0.1, -0.05) is 30.3 Å². The fourth-order valence-corrected chi connectivity index (χ4v) is 4.62. The van der Waals surface area contributed by atoms with Crippen LogP contribution in [-0.2, 0) is 21.4 Å². The van der Waals surface area contributed by atoms with Gasteiger partial charge < -0.3 is 10.6 Å². The number of nitrogens with one attached hydrogen (secondary N) is 4. The van der Waals surface area contributed by atoms with Crippen molar-refractivity contribution in [2.45, 2.75) is 24.3 Å². The van der Waals surface area contributed by atoms with Crippen LogP contribution in [0.5, 0.6) is 0 Å². The molecule has 0 spiro atoms. The van der Waals surface area contributed by atoms with E-state index in [4.69, 9.17) is 0 Å². The zero-order valence-electron chi connectivity index (χ0n) is 17.3. The van der Waals surface area contributed by atoms with Crippen LogP contribution < -0.4 is 21.5 Å². The van der Waals surface area contributed by atoms with E-state index in [0.29, 0.717) is 19.6 Å². The van der Waals surface area contributed by atoms with Gasteiger partial charge in [0.15, 0.2) is 0 Å². The molecule has 1 aliphatic rings. The zero-order valence-corrected chi connectivity index (χ0v) is 18.2. The first-order valence-electron chi connectivity index (χ1n) is 10.1. The summed E-state index contributed by atoms with van der Waals surface area (Å²) in [4.78, 5) is 35.9. The molecule has 0 unspecified atom stereocenters. The highest BCUT2D eigenvalue weighted by Gasteiger charge is 2.27. The van der Waals surface area contributed by atoms with E-state index >= 15 is 0 Å². The fourth-order valence-electron chi connectivity index (χ4n) is 3.10. The number of urea groups is 1. The van der Waals surface area contributed by atoms with Gasteiger partial charge in [0.25, 0.3) is 11.8 Å². The molecule has 1 aliphatic heterocycles. The SMILES string of the molecule is O=C(CNC(=O)NCc1ccccc1)NNC(=O)c1ccc(S(=O)(=O)N2CCCC2)cc1. The number of amides is 4. The van der Waals surface area contributed by atoms with Gasteiger partial charge >= 0.3 is 6.03 Å². The minimum Gasteiger partial charge on any atom is -0.334 e. The summed E-state index contributed by atoms with van der Waals surface area (Å²) in [6.45, 7) is 0.965. The smallest absolute Gasteiger partial charge is 0.315 e. The lowest BCUT2D eigenvalue weighted by Crippen LogP contribution is -2.47. The Morgan fingerprint density at radius 2 is 1.50 bits per heavy atom. The highest BCUT2D eigenvalue weighted by Crippen LogP contribution is 2.21. The summed E-state index contributed by atoms with van der Waals surface area (Å²) in [5, 5.41) is 4.99. The number of rotatable bonds is 7. The van der Waals surface area contributed by atoms with E-state index in [2.05, 4.69) is 21.5 Å². The van der Waals surface area contributed by atoms with Gasteiger partial charge in [-0.2, -0.15) is 4.31 Å². The number of hydrazine groups is 1. The van der Waals surface area contributed by atoms with Gasteiger partial charge in [-0.15, -0.1) is 0 Å². The Morgan fingerprint density at radius 1 is 0.844 bits per heavy atom. The summed E-state index contributed by atoms with van der Waals surface area (Å²) < 4.78 is 26.4. The zero-order chi connectivity index (χ0) is 23.0. The lowest BCUT2D eigenvalue weighted by Gasteiger charge is -2.15. The Labute approximate surface area is 186 Å². The summed E-state index contributed by atoms with van der Waals surface area (Å²) >= 11 is 0. The molecule has 4 N–H and O–H groups in total. The Bertz CT molecular complexity index is 1050. The second kappa shape index (κ2) is 10.7. The molecule has 0 bridgehead atoms. The van der Waals surface area contributed by atoms with Crippen LogP contribution in [0.25, 0.3) is 0 Å². The summed E-state index contributed by atoms with van der Waals surface area (Å²) in [7, 11) is -3.56. The Hall–Kier alpha value is -3.44. The molecule has 0 saturated carbocycles. The number of hydrogen-bond donors (Lipinski definition) is 4. The Balaban J connectivity index is 1.41. The van der Waals surface area contributed by atoms with E-state index in [1.54, 1.807) is 0 Å². The maximum Gasteiger partial charge on any atom is 0.315 e. The van der Waals surface area contributed by atoms with Gasteiger partial charge in [-0.3, -0.25) is 20.4 Å². The van der Waals surface area contributed by atoms with Crippen LogP contribution in [0.2, 0.25) is 0 Å². The molecule has 2 aromatic carbocycles. The van der Waals surface area contributed by atoms with Crippen molar-refractivity contribution >= 4 is 27.9 Å². The van der Waals surface area contributed by atoms with Crippen LogP contribution in [0, 0.1) is 0 Å². The maximum atomic E-state index is 12.5. The number of sulfonamides is 1. The van der Waals surface area contributed by atoms with Crippen molar-refractivity contribution < 1.29 is 22.8 Å². The molecule has 1 saturated heterocycles. The highest BCUT2D eigenvalue weighted by atomic mass is 32.2. The number of carbonyl (C=O) groups excluding carboxylic acids is 3. The van der Waals surface area contributed by atoms with Crippen molar-refractivity contribution in [1.29, 1.82) is 0 Å². The third-order valence-electron chi connectivity index (χ3n) is 4.84. The molecule has 170 valence electrons. The molecule has 10 nitrogen and oxygen atoms in total. The van der Waals surface area contributed by atoms with Crippen molar-refractivity contribution in [2.24, 2.45) is 0 Å². The van der Waals surface area contributed by atoms with Crippen LogP contribution in [-0.4, -0.2) is 50.2 Å². The average molecular weight is 460 g/mol. The monoisotopic (exact) mass is 459 g/mol. The number of carbonyl (C=O) groups is 3. The van der Waals surface area contributed by atoms with Gasteiger partial charge in [0.1, 0.15) is 6.54 Å². The van der Waals surface area contributed by atoms with E-state index < -0.39 is 27.9 Å². The average Bonchev–Trinajstić information content (AvgIpc) is 3.36. The van der Waals surface area contributed by atoms with Gasteiger partial charge in [0, 0.05) is 25.2 Å². The standard InChI is InChI=1S/C21H25N5O5S/c27-19(15-23-21(29)22-14-16-6-2-1-3-7-16)24-25-20(28)17-8-10-18(11-9-17)32(30,31)26-12-4-5-13-26/h1-3,6-11H,4-5,12-15H2,(H,24,27)(H,25,28)(H2,22,23,29). The molecule has 1 heterocycles. The van der Waals surface area contributed by atoms with Crippen molar-refractivity contribution in [1.82, 2.24) is 25.8 Å². The molecule has 1 fully saturated rings. The summed E-state index contributed by atoms with van der Waals surface area (Å²) in [5.41, 5.74) is 5.51. The van der Waals surface area contributed by atoms with Gasteiger partial charge in [0.05, 0.1) is 4.90 Å². The molecule has 0 aliphatic carbocycles. The fraction of sp³-hybridized carbons (Fsp3) is 0.286. The largest absolute Gasteiger partial charge is 0.334 e. The molecular weight excluding hydrogens is 434 g/mol. The maximum absolute atomic E-state index is 12.5. The second-order valence-electron chi connectivity index (χ2n) is 7.16. The first kappa shape index (κ1) is 23.2. The Kier molecular flexibility index (Phi) is 7.79. The molecular formula is C21H25N5O5S. The molecule has 0 atom stereocenters. The predicted octanol–water partition coefficient (Wildman–Crippen LogP) is 0.732. The van der Waals surface area contributed by atoms with Gasteiger partial charge in [-0.25, -0.2) is 13.2 Å². The topological polar surface area (TPSA) is 137 Å². The van der Waals surface area contributed by atoms with Crippen LogP contribution >= 0.6 is 0 Å². The summed E-state index contributed by atoms with van der Waals surface area (Å²) in [5.74, 6) is -1.24. The number of hydrogen-bond acceptors (Lipinski definition) is 5. The third-order valence-corrected chi connectivity index (χ3v) is 6.75. The summed E-state index contributed by atoms with van der Waals surface area (Å²) in [6, 6.07) is 14.2. The van der Waals surface area contributed by atoms with E-state index in [9.17, 15) is 22.8 Å². The third kappa shape index (κ3) is 6.28. The van der Waals surface area contributed by atoms with E-state index in [1.165, 1.54) is 28.6 Å². The van der Waals surface area contributed by atoms with E-state index in [1.807, 2.05) is 30.3 Å². The van der Waals surface area contributed by atoms with Crippen LogP contribution in [0.1, 0.15) is 28.8 Å². The van der Waals surface area contributed by atoms with Crippen molar-refractivity contribution in [3.05, 3.63) is 65.7 Å². The van der Waals surface area contributed by atoms with Crippen molar-refractivity contribution in [3.63, 3.8) is 0 Å². The first-order valence-corrected chi connectivity index (χ1v) is 11.6. The highest BCUT2D eigenvalue weighted by molar-refractivity contribution is 7.89. The lowest BCUT2D eigenvalue weighted by atomic mass is 10.2. The second-order valence-corrected chi connectivity index (χ2v) is 9.10. The van der Waals surface area contributed by atoms with Crippen LogP contribution in [0.3, 0.4) is 0 Å². The molecule has 32 heavy (non-hydrogen) atoms. The molecule has 0 aromatic heterocycles. The molecule has 2 aromatic rings. The van der Waals surface area contributed by atoms with Crippen molar-refractivity contribution in [2.75, 3.05) is 19.6 Å². The predicted molar refractivity (Wildman–Crippen MR) is 117 cm³/mol. The van der Waals surface area contributed by atoms with E-state index in [-0.39, 0.29) is 17.0 Å². The number of benzene rings is 2. The molecule has 4 amide bonds. The lowest BCUT2D eigenvalue weighted by molar-refractivity contribution is -0.120. The van der Waals surface area contributed by atoms with Gasteiger partial charge in [0.2, 0.25) is 10.0 Å². The normalized spacial score (nSPS) is 13.9. The molecule has 3 rings (SSSR count). The number of nitrogens with zero attached hydrogens (tertiary/aromatic N) is 1. The molecule has 11 heteroatoms. The molecule has 0 radical (unpaired) electrons. The summed E-state index contributed by atoms with van der Waals surface area (Å²) in [6.07, 6.45) is 1.67. The quantitative estimate of drug-likeness (QED) is 0.453. The van der Waals surface area contributed by atoms with Crippen LogP contribution in [0.4, 0.5) is 4.79 Å². The van der Waals surface area contributed by atoms with Gasteiger partial charge in [-0.05, 0) is 42.7 Å². The van der Waals surface area contributed by atoms with Crippen LogP contribution in [0.15, 0.2) is 59.5 Å². The minimum absolute atomic E-state index is 0.116. The van der Waals surface area contributed by atoms with Crippen molar-refractivity contribution in [3.8, 4) is 0 Å². The first-order chi connectivity index (χ1) is 15.4. The minimum atomic E-state index is -3.56.